The Kier molecular flexibility index (Phi) is 5.58. The maximum Gasteiger partial charge on any atom is 0.247 e. The molecular formula is C13H18FNO3. The Bertz CT molecular complexity index is 407. The second-order valence-corrected chi connectivity index (χ2v) is 4.38. The van der Waals surface area contributed by atoms with E-state index < -0.39 is 5.82 Å². The Labute approximate surface area is 106 Å². The molecule has 4 nitrogen and oxygen atoms in total. The van der Waals surface area contributed by atoms with E-state index in [2.05, 4.69) is 5.48 Å². The minimum atomic E-state index is -0.481. The predicted octanol–water partition coefficient (Wildman–Crippen LogP) is 2.08. The van der Waals surface area contributed by atoms with Crippen LogP contribution in [-0.4, -0.2) is 19.6 Å². The molecule has 0 aromatic heterocycles. The fourth-order valence-corrected chi connectivity index (χ4v) is 1.33. The molecule has 0 aliphatic rings. The third-order valence-corrected chi connectivity index (χ3v) is 2.18. The Morgan fingerprint density at radius 1 is 1.44 bits per heavy atom. The molecule has 5 heteroatoms. The van der Waals surface area contributed by atoms with E-state index in [0.717, 1.165) is 0 Å². The highest BCUT2D eigenvalue weighted by Gasteiger charge is 2.08. The molecule has 1 aromatic carbocycles. The molecule has 0 atom stereocenters. The molecule has 0 fully saturated rings. The van der Waals surface area contributed by atoms with Crippen LogP contribution < -0.4 is 10.2 Å². The first kappa shape index (κ1) is 14.4. The van der Waals surface area contributed by atoms with Crippen LogP contribution in [0.3, 0.4) is 0 Å². The number of amides is 1. The Hall–Kier alpha value is -1.62. The minimum absolute atomic E-state index is 0.0685. The number of nitrogens with one attached hydrogen (secondary N) is 1. The minimum Gasteiger partial charge on any atom is -0.494 e. The van der Waals surface area contributed by atoms with Gasteiger partial charge in [-0.15, -0.1) is 0 Å². The van der Waals surface area contributed by atoms with Crippen LogP contribution in [0, 0.1) is 11.7 Å². The van der Waals surface area contributed by atoms with Gasteiger partial charge in [0.25, 0.3) is 0 Å². The first-order valence-electron chi connectivity index (χ1n) is 5.76. The van der Waals surface area contributed by atoms with Gasteiger partial charge >= 0.3 is 0 Å². The number of halogens is 1. The molecule has 0 aliphatic heterocycles. The number of hydroxylamine groups is 1. The van der Waals surface area contributed by atoms with E-state index in [1.54, 1.807) is 6.07 Å². The molecule has 18 heavy (non-hydrogen) atoms. The highest BCUT2D eigenvalue weighted by atomic mass is 19.1. The maximum atomic E-state index is 13.4. The van der Waals surface area contributed by atoms with E-state index in [1.807, 2.05) is 13.8 Å². The number of hydrogen-bond acceptors (Lipinski definition) is 3. The van der Waals surface area contributed by atoms with Gasteiger partial charge in [-0.2, -0.15) is 0 Å². The van der Waals surface area contributed by atoms with Crippen molar-refractivity contribution >= 4 is 5.91 Å². The molecule has 0 spiro atoms. The van der Waals surface area contributed by atoms with Gasteiger partial charge in [-0.1, -0.05) is 19.9 Å². The van der Waals surface area contributed by atoms with E-state index >= 15 is 0 Å². The van der Waals surface area contributed by atoms with Crippen LogP contribution in [0.25, 0.3) is 0 Å². The predicted molar refractivity (Wildman–Crippen MR) is 65.6 cm³/mol. The lowest BCUT2D eigenvalue weighted by atomic mass is 10.1. The largest absolute Gasteiger partial charge is 0.494 e. The zero-order valence-corrected chi connectivity index (χ0v) is 10.8. The van der Waals surface area contributed by atoms with E-state index in [4.69, 9.17) is 9.57 Å². The Morgan fingerprint density at radius 2 is 2.17 bits per heavy atom. The quantitative estimate of drug-likeness (QED) is 0.792. The second kappa shape index (κ2) is 6.96. The summed E-state index contributed by atoms with van der Waals surface area (Å²) in [5.41, 5.74) is 2.89. The lowest BCUT2D eigenvalue weighted by Crippen LogP contribution is -2.27. The molecule has 0 heterocycles. The summed E-state index contributed by atoms with van der Waals surface area (Å²) in [6.45, 7) is 4.40. The van der Waals surface area contributed by atoms with Crippen molar-refractivity contribution in [2.24, 2.45) is 5.92 Å². The second-order valence-electron chi connectivity index (χ2n) is 4.38. The van der Waals surface area contributed by atoms with Crippen molar-refractivity contribution < 1.29 is 18.8 Å². The van der Waals surface area contributed by atoms with Gasteiger partial charge in [0.05, 0.1) is 20.1 Å². The lowest BCUT2D eigenvalue weighted by Gasteiger charge is -2.08. The standard InChI is InChI=1S/C13H18FNO3/c1-9(2)8-18-15-13(16)7-10-4-5-12(17-3)11(14)6-10/h4-6,9H,7-8H2,1-3H3,(H,15,16). The van der Waals surface area contributed by atoms with Gasteiger partial charge in [0.1, 0.15) is 0 Å². The first-order chi connectivity index (χ1) is 8.52. The summed E-state index contributed by atoms with van der Waals surface area (Å²) in [7, 11) is 1.39. The highest BCUT2D eigenvalue weighted by molar-refractivity contribution is 5.77. The summed E-state index contributed by atoms with van der Waals surface area (Å²) in [5.74, 6) is -0.287. The Balaban J connectivity index is 2.47. The molecule has 100 valence electrons. The number of methoxy groups -OCH3 is 1. The summed E-state index contributed by atoms with van der Waals surface area (Å²) in [5, 5.41) is 0. The zero-order chi connectivity index (χ0) is 13.5. The average molecular weight is 255 g/mol. The molecule has 0 aliphatic carbocycles. The van der Waals surface area contributed by atoms with Crippen LogP contribution >= 0.6 is 0 Å². The van der Waals surface area contributed by atoms with Crippen LogP contribution in [0.2, 0.25) is 0 Å². The van der Waals surface area contributed by atoms with Crippen LogP contribution in [-0.2, 0) is 16.1 Å². The van der Waals surface area contributed by atoms with Crippen molar-refractivity contribution in [1.29, 1.82) is 0 Å². The molecule has 1 aromatic rings. The van der Waals surface area contributed by atoms with Gasteiger partial charge in [0, 0.05) is 0 Å². The number of carbonyl (C=O) groups is 1. The van der Waals surface area contributed by atoms with Gasteiger partial charge in [-0.05, 0) is 23.6 Å². The Morgan fingerprint density at radius 3 is 2.72 bits per heavy atom. The summed E-state index contributed by atoms with van der Waals surface area (Å²) in [6, 6.07) is 4.41. The SMILES string of the molecule is COc1ccc(CC(=O)NOCC(C)C)cc1F. The maximum absolute atomic E-state index is 13.4. The van der Waals surface area contributed by atoms with Crippen molar-refractivity contribution in [1.82, 2.24) is 5.48 Å². The molecule has 1 amide bonds. The number of carbonyl (C=O) groups excluding carboxylic acids is 1. The molecule has 1 N–H and O–H groups in total. The van der Waals surface area contributed by atoms with Gasteiger partial charge in [0.2, 0.25) is 5.91 Å². The van der Waals surface area contributed by atoms with E-state index in [9.17, 15) is 9.18 Å². The zero-order valence-electron chi connectivity index (χ0n) is 10.8. The lowest BCUT2D eigenvalue weighted by molar-refractivity contribution is -0.133. The average Bonchev–Trinajstić information content (AvgIpc) is 2.28. The number of rotatable bonds is 6. The molecule has 1 rings (SSSR count). The molecule has 0 saturated carbocycles. The molecular weight excluding hydrogens is 237 g/mol. The molecule has 0 radical (unpaired) electrons. The van der Waals surface area contributed by atoms with Crippen molar-refractivity contribution in [2.75, 3.05) is 13.7 Å². The smallest absolute Gasteiger partial charge is 0.247 e. The van der Waals surface area contributed by atoms with E-state index in [0.29, 0.717) is 18.1 Å². The molecule has 0 saturated heterocycles. The molecule has 0 unspecified atom stereocenters. The molecule has 0 bridgehead atoms. The van der Waals surface area contributed by atoms with Gasteiger partial charge in [-0.3, -0.25) is 9.63 Å². The monoisotopic (exact) mass is 255 g/mol. The summed E-state index contributed by atoms with van der Waals surface area (Å²) in [6.07, 6.45) is 0.0685. The van der Waals surface area contributed by atoms with Crippen molar-refractivity contribution in [3.63, 3.8) is 0 Å². The van der Waals surface area contributed by atoms with Crippen molar-refractivity contribution in [2.45, 2.75) is 20.3 Å². The van der Waals surface area contributed by atoms with Crippen molar-refractivity contribution in [3.05, 3.63) is 29.6 Å². The summed E-state index contributed by atoms with van der Waals surface area (Å²) < 4.78 is 18.2. The number of benzene rings is 1. The van der Waals surface area contributed by atoms with E-state index in [1.165, 1.54) is 19.2 Å². The summed E-state index contributed by atoms with van der Waals surface area (Å²) >= 11 is 0. The van der Waals surface area contributed by atoms with Gasteiger partial charge in [-0.25, -0.2) is 9.87 Å². The first-order valence-corrected chi connectivity index (χ1v) is 5.76. The summed E-state index contributed by atoms with van der Waals surface area (Å²) in [4.78, 5) is 16.5. The normalized spacial score (nSPS) is 10.5. The third-order valence-electron chi connectivity index (χ3n) is 2.18. The van der Waals surface area contributed by atoms with Gasteiger partial charge in [0.15, 0.2) is 11.6 Å². The third kappa shape index (κ3) is 4.71. The van der Waals surface area contributed by atoms with E-state index in [-0.39, 0.29) is 18.1 Å². The number of ether oxygens (including phenoxy) is 1. The van der Waals surface area contributed by atoms with Crippen LogP contribution in [0.15, 0.2) is 18.2 Å². The fraction of sp³-hybridized carbons (Fsp3) is 0.462. The number of hydrogen-bond donors (Lipinski definition) is 1. The van der Waals surface area contributed by atoms with Crippen molar-refractivity contribution in [3.8, 4) is 5.75 Å². The topological polar surface area (TPSA) is 47.6 Å². The van der Waals surface area contributed by atoms with Crippen LogP contribution in [0.5, 0.6) is 5.75 Å². The fourth-order valence-electron chi connectivity index (χ4n) is 1.33. The van der Waals surface area contributed by atoms with Crippen LogP contribution in [0.1, 0.15) is 19.4 Å². The van der Waals surface area contributed by atoms with Crippen LogP contribution in [0.4, 0.5) is 4.39 Å². The van der Waals surface area contributed by atoms with Gasteiger partial charge < -0.3 is 4.74 Å². The highest BCUT2D eigenvalue weighted by Crippen LogP contribution is 2.17.